The van der Waals surface area contributed by atoms with Crippen LogP contribution in [0.5, 0.6) is 11.5 Å². The van der Waals surface area contributed by atoms with Crippen LogP contribution in [0.2, 0.25) is 0 Å². The number of benzene rings is 1. The van der Waals surface area contributed by atoms with Crippen LogP contribution < -0.4 is 0 Å². The van der Waals surface area contributed by atoms with Crippen molar-refractivity contribution < 1.29 is 15.0 Å². The van der Waals surface area contributed by atoms with Gasteiger partial charge in [0.2, 0.25) is 0 Å². The maximum absolute atomic E-state index is 12.3. The van der Waals surface area contributed by atoms with Gasteiger partial charge in [0.1, 0.15) is 0 Å². The van der Waals surface area contributed by atoms with Crippen molar-refractivity contribution in [2.24, 2.45) is 0 Å². The van der Waals surface area contributed by atoms with Crippen LogP contribution in [0.1, 0.15) is 10.4 Å². The lowest BCUT2D eigenvalue weighted by Crippen LogP contribution is -2.49. The molecule has 2 N–H and O–H groups in total. The van der Waals surface area contributed by atoms with Gasteiger partial charge in [-0.3, -0.25) is 9.69 Å². The van der Waals surface area contributed by atoms with Gasteiger partial charge in [-0.05, 0) is 12.1 Å². The molecular weight excluding hydrogens is 312 g/mol. The average Bonchev–Trinajstić information content (AvgIpc) is 2.42. The molecule has 1 aliphatic heterocycles. The molecule has 0 spiro atoms. The van der Waals surface area contributed by atoms with Crippen molar-refractivity contribution in [2.45, 2.75) is 0 Å². The van der Waals surface area contributed by atoms with Crippen molar-refractivity contribution in [3.63, 3.8) is 0 Å². The molecule has 2 rings (SSSR count). The predicted octanol–water partition coefficient (Wildman–Crippen LogP) is 1.25. The number of hydrogen-bond acceptors (Lipinski definition) is 4. The number of piperazine rings is 1. The largest absolute Gasteiger partial charge is 0.504 e. The molecule has 1 amide bonds. The van der Waals surface area contributed by atoms with Gasteiger partial charge in [0.05, 0.1) is 5.56 Å². The number of halogens is 1. The van der Waals surface area contributed by atoms with Crippen LogP contribution >= 0.6 is 15.9 Å². The maximum atomic E-state index is 12.3. The lowest BCUT2D eigenvalue weighted by Gasteiger charge is -2.34. The normalized spacial score (nSPS) is 16.6. The molecule has 0 aromatic heterocycles. The monoisotopic (exact) mass is 328 g/mol. The fourth-order valence-corrected chi connectivity index (χ4v) is 2.67. The Kier molecular flexibility index (Phi) is 4.66. The minimum Gasteiger partial charge on any atom is -0.504 e. The molecule has 19 heavy (non-hydrogen) atoms. The molecule has 1 heterocycles. The number of amides is 1. The molecule has 1 aromatic carbocycles. The van der Waals surface area contributed by atoms with E-state index < -0.39 is 0 Å². The summed E-state index contributed by atoms with van der Waals surface area (Å²) < 4.78 is 0. The first kappa shape index (κ1) is 14.1. The van der Waals surface area contributed by atoms with Gasteiger partial charge in [0.25, 0.3) is 5.91 Å². The molecule has 0 radical (unpaired) electrons. The zero-order chi connectivity index (χ0) is 13.8. The van der Waals surface area contributed by atoms with E-state index in [0.717, 1.165) is 25.0 Å². The van der Waals surface area contributed by atoms with Gasteiger partial charge in [-0.15, -0.1) is 0 Å². The summed E-state index contributed by atoms with van der Waals surface area (Å²) in [7, 11) is 0. The summed E-state index contributed by atoms with van der Waals surface area (Å²) in [5, 5.41) is 20.1. The van der Waals surface area contributed by atoms with Crippen molar-refractivity contribution in [1.29, 1.82) is 0 Å². The number of para-hydroxylation sites is 1. The number of carbonyl (C=O) groups is 1. The molecule has 104 valence electrons. The third-order valence-electron chi connectivity index (χ3n) is 3.31. The molecule has 1 aliphatic rings. The maximum Gasteiger partial charge on any atom is 0.257 e. The molecule has 0 atom stereocenters. The topological polar surface area (TPSA) is 64.0 Å². The van der Waals surface area contributed by atoms with Crippen LogP contribution in [0.25, 0.3) is 0 Å². The summed E-state index contributed by atoms with van der Waals surface area (Å²) >= 11 is 3.40. The number of carbonyl (C=O) groups excluding carboxylic acids is 1. The Morgan fingerprint density at radius 1 is 1.21 bits per heavy atom. The highest BCUT2D eigenvalue weighted by molar-refractivity contribution is 9.09. The van der Waals surface area contributed by atoms with Crippen molar-refractivity contribution in [1.82, 2.24) is 9.80 Å². The fourth-order valence-electron chi connectivity index (χ4n) is 2.17. The highest BCUT2D eigenvalue weighted by atomic mass is 79.9. The number of hydrogen-bond donors (Lipinski definition) is 2. The van der Waals surface area contributed by atoms with E-state index in [1.54, 1.807) is 11.0 Å². The zero-order valence-corrected chi connectivity index (χ0v) is 12.1. The van der Waals surface area contributed by atoms with E-state index in [0.29, 0.717) is 13.1 Å². The second-order valence-corrected chi connectivity index (χ2v) is 5.29. The van der Waals surface area contributed by atoms with Crippen LogP contribution in [0.3, 0.4) is 0 Å². The minimum atomic E-state index is -0.338. The van der Waals surface area contributed by atoms with Crippen LogP contribution in [0.4, 0.5) is 0 Å². The molecule has 0 bridgehead atoms. The van der Waals surface area contributed by atoms with Crippen molar-refractivity contribution >= 4 is 21.8 Å². The summed E-state index contributed by atoms with van der Waals surface area (Å²) in [6.07, 6.45) is 0. The number of rotatable bonds is 3. The highest BCUT2D eigenvalue weighted by Gasteiger charge is 2.24. The lowest BCUT2D eigenvalue weighted by atomic mass is 10.1. The second kappa shape index (κ2) is 6.25. The van der Waals surface area contributed by atoms with E-state index in [1.807, 2.05) is 0 Å². The molecule has 1 aromatic rings. The first-order valence-electron chi connectivity index (χ1n) is 6.22. The smallest absolute Gasteiger partial charge is 0.257 e. The molecular formula is C13H17BrN2O3. The van der Waals surface area contributed by atoms with E-state index in [2.05, 4.69) is 20.8 Å². The van der Waals surface area contributed by atoms with Gasteiger partial charge < -0.3 is 15.1 Å². The Bertz CT molecular complexity index is 459. The minimum absolute atomic E-state index is 0.161. The molecule has 0 saturated carbocycles. The van der Waals surface area contributed by atoms with Crippen LogP contribution in [0.15, 0.2) is 18.2 Å². The number of phenolic OH excluding ortho intramolecular Hbond substituents is 2. The predicted molar refractivity (Wildman–Crippen MR) is 75.9 cm³/mol. The number of alkyl halides is 1. The van der Waals surface area contributed by atoms with E-state index >= 15 is 0 Å². The number of aromatic hydroxyl groups is 2. The number of phenols is 2. The Labute approximate surface area is 120 Å². The van der Waals surface area contributed by atoms with E-state index in [9.17, 15) is 15.0 Å². The third-order valence-corrected chi connectivity index (χ3v) is 3.66. The van der Waals surface area contributed by atoms with Gasteiger partial charge in [0.15, 0.2) is 11.5 Å². The Morgan fingerprint density at radius 2 is 1.89 bits per heavy atom. The summed E-state index contributed by atoms with van der Waals surface area (Å²) in [6, 6.07) is 4.45. The summed E-state index contributed by atoms with van der Waals surface area (Å²) in [5.41, 5.74) is 0.161. The van der Waals surface area contributed by atoms with Gasteiger partial charge in [0, 0.05) is 38.1 Å². The van der Waals surface area contributed by atoms with E-state index in [-0.39, 0.29) is 23.0 Å². The zero-order valence-electron chi connectivity index (χ0n) is 10.5. The Balaban J connectivity index is 2.03. The molecule has 1 saturated heterocycles. The standard InChI is InChI=1S/C13H17BrN2O3/c14-4-5-15-6-8-16(9-7-15)13(19)10-2-1-3-11(17)12(10)18/h1-3,17-18H,4-9H2. The Morgan fingerprint density at radius 3 is 2.53 bits per heavy atom. The Hall–Kier alpha value is -1.27. The summed E-state index contributed by atoms with van der Waals surface area (Å²) in [6.45, 7) is 3.91. The van der Waals surface area contributed by atoms with E-state index in [4.69, 9.17) is 0 Å². The van der Waals surface area contributed by atoms with Gasteiger partial charge in [-0.25, -0.2) is 0 Å². The van der Waals surface area contributed by atoms with Crippen molar-refractivity contribution in [3.05, 3.63) is 23.8 Å². The molecule has 1 fully saturated rings. The van der Waals surface area contributed by atoms with Gasteiger partial charge in [-0.2, -0.15) is 0 Å². The molecule has 0 unspecified atom stereocenters. The fraction of sp³-hybridized carbons (Fsp3) is 0.462. The SMILES string of the molecule is O=C(c1cccc(O)c1O)N1CCN(CCBr)CC1. The number of nitrogens with zero attached hydrogens (tertiary/aromatic N) is 2. The van der Waals surface area contributed by atoms with Crippen molar-refractivity contribution in [2.75, 3.05) is 38.1 Å². The summed E-state index contributed by atoms with van der Waals surface area (Å²) in [5.74, 6) is -0.828. The molecule has 0 aliphatic carbocycles. The van der Waals surface area contributed by atoms with Gasteiger partial charge >= 0.3 is 0 Å². The second-order valence-electron chi connectivity index (χ2n) is 4.50. The first-order chi connectivity index (χ1) is 9.13. The van der Waals surface area contributed by atoms with Gasteiger partial charge in [-0.1, -0.05) is 22.0 Å². The quantitative estimate of drug-likeness (QED) is 0.647. The molecule has 6 heteroatoms. The highest BCUT2D eigenvalue weighted by Crippen LogP contribution is 2.29. The average molecular weight is 329 g/mol. The van der Waals surface area contributed by atoms with E-state index in [1.165, 1.54) is 12.1 Å². The molecule has 5 nitrogen and oxygen atoms in total. The first-order valence-corrected chi connectivity index (χ1v) is 7.34. The van der Waals surface area contributed by atoms with Crippen LogP contribution in [-0.2, 0) is 0 Å². The van der Waals surface area contributed by atoms with Crippen LogP contribution in [-0.4, -0.2) is 64.0 Å². The van der Waals surface area contributed by atoms with Crippen LogP contribution in [0, 0.1) is 0 Å². The summed E-state index contributed by atoms with van der Waals surface area (Å²) in [4.78, 5) is 16.3. The lowest BCUT2D eigenvalue weighted by molar-refractivity contribution is 0.0641. The third kappa shape index (κ3) is 3.19. The van der Waals surface area contributed by atoms with Crippen molar-refractivity contribution in [3.8, 4) is 11.5 Å².